The molecule has 7 heteroatoms. The molecule has 2 aliphatic rings. The third-order valence-electron chi connectivity index (χ3n) is 4.41. The highest BCUT2D eigenvalue weighted by Gasteiger charge is 2.24. The summed E-state index contributed by atoms with van der Waals surface area (Å²) >= 11 is 1.52. The van der Waals surface area contributed by atoms with Gasteiger partial charge in [-0.2, -0.15) is 0 Å². The SMILES string of the molecule is O=C(Nc1nc2ccc(CN3CCOCC3)cc2s1)C1CCCO1. The van der Waals surface area contributed by atoms with E-state index in [1.165, 1.54) is 16.9 Å². The summed E-state index contributed by atoms with van der Waals surface area (Å²) in [5.74, 6) is -0.0832. The van der Waals surface area contributed by atoms with Crippen LogP contribution >= 0.6 is 11.3 Å². The van der Waals surface area contributed by atoms with Crippen molar-refractivity contribution >= 4 is 32.6 Å². The molecule has 0 bridgehead atoms. The van der Waals surface area contributed by atoms with Crippen molar-refractivity contribution in [1.82, 2.24) is 9.88 Å². The summed E-state index contributed by atoms with van der Waals surface area (Å²) in [6.07, 6.45) is 1.41. The van der Waals surface area contributed by atoms with E-state index in [1.54, 1.807) is 0 Å². The topological polar surface area (TPSA) is 63.7 Å². The molecule has 1 N–H and O–H groups in total. The zero-order chi connectivity index (χ0) is 16.4. The second-order valence-electron chi connectivity index (χ2n) is 6.20. The molecule has 24 heavy (non-hydrogen) atoms. The van der Waals surface area contributed by atoms with Crippen molar-refractivity contribution in [3.8, 4) is 0 Å². The fraction of sp³-hybridized carbons (Fsp3) is 0.529. The lowest BCUT2D eigenvalue weighted by molar-refractivity contribution is -0.124. The molecule has 4 rings (SSSR count). The van der Waals surface area contributed by atoms with Crippen LogP contribution in [-0.2, 0) is 20.8 Å². The molecule has 2 aromatic rings. The van der Waals surface area contributed by atoms with Gasteiger partial charge in [0.2, 0.25) is 0 Å². The third kappa shape index (κ3) is 3.59. The van der Waals surface area contributed by atoms with Gasteiger partial charge in [-0.1, -0.05) is 17.4 Å². The maximum Gasteiger partial charge on any atom is 0.255 e. The van der Waals surface area contributed by atoms with E-state index in [4.69, 9.17) is 9.47 Å². The number of aromatic nitrogens is 1. The number of ether oxygens (including phenoxy) is 2. The largest absolute Gasteiger partial charge is 0.379 e. The molecule has 1 amide bonds. The first-order chi connectivity index (χ1) is 11.8. The van der Waals surface area contributed by atoms with Crippen LogP contribution in [0, 0.1) is 0 Å². The molecular formula is C17H21N3O3S. The summed E-state index contributed by atoms with van der Waals surface area (Å²) in [7, 11) is 0. The van der Waals surface area contributed by atoms with Gasteiger partial charge in [0, 0.05) is 26.2 Å². The molecule has 0 spiro atoms. The van der Waals surface area contributed by atoms with Gasteiger partial charge in [-0.25, -0.2) is 4.98 Å². The Morgan fingerprint density at radius 1 is 1.33 bits per heavy atom. The Balaban J connectivity index is 1.45. The highest BCUT2D eigenvalue weighted by atomic mass is 32.1. The predicted molar refractivity (Wildman–Crippen MR) is 93.3 cm³/mol. The lowest BCUT2D eigenvalue weighted by Gasteiger charge is -2.26. The smallest absolute Gasteiger partial charge is 0.255 e. The Morgan fingerprint density at radius 2 is 2.21 bits per heavy atom. The number of anilines is 1. The van der Waals surface area contributed by atoms with Gasteiger partial charge in [-0.15, -0.1) is 0 Å². The molecule has 2 aliphatic heterocycles. The van der Waals surface area contributed by atoms with Gasteiger partial charge in [0.05, 0.1) is 23.4 Å². The molecule has 1 unspecified atom stereocenters. The molecule has 0 saturated carbocycles. The maximum atomic E-state index is 12.1. The first kappa shape index (κ1) is 16.0. The van der Waals surface area contributed by atoms with E-state index in [0.29, 0.717) is 11.7 Å². The Labute approximate surface area is 144 Å². The second kappa shape index (κ2) is 7.14. The zero-order valence-corrected chi connectivity index (χ0v) is 14.3. The van der Waals surface area contributed by atoms with Gasteiger partial charge in [-0.05, 0) is 30.5 Å². The van der Waals surface area contributed by atoms with Gasteiger partial charge >= 0.3 is 0 Å². The number of nitrogens with zero attached hydrogens (tertiary/aromatic N) is 2. The van der Waals surface area contributed by atoms with Crippen molar-refractivity contribution in [3.63, 3.8) is 0 Å². The first-order valence-corrected chi connectivity index (χ1v) is 9.22. The van der Waals surface area contributed by atoms with Crippen LogP contribution in [0.5, 0.6) is 0 Å². The van der Waals surface area contributed by atoms with Crippen molar-refractivity contribution in [2.24, 2.45) is 0 Å². The summed E-state index contributed by atoms with van der Waals surface area (Å²) in [4.78, 5) is 19.0. The number of thiazole rings is 1. The summed E-state index contributed by atoms with van der Waals surface area (Å²) in [5.41, 5.74) is 2.19. The second-order valence-corrected chi connectivity index (χ2v) is 7.23. The average molecular weight is 347 g/mol. The normalized spacial score (nSPS) is 22.1. The Bertz CT molecular complexity index is 721. The number of carbonyl (C=O) groups is 1. The molecule has 1 aromatic carbocycles. The van der Waals surface area contributed by atoms with Crippen LogP contribution in [-0.4, -0.2) is 54.8 Å². The van der Waals surface area contributed by atoms with Gasteiger partial charge in [0.15, 0.2) is 5.13 Å². The summed E-state index contributed by atoms with van der Waals surface area (Å²) in [5, 5.41) is 3.54. The number of hydrogen-bond donors (Lipinski definition) is 1. The van der Waals surface area contributed by atoms with Crippen molar-refractivity contribution < 1.29 is 14.3 Å². The average Bonchev–Trinajstić information content (AvgIpc) is 3.24. The minimum absolute atomic E-state index is 0.0832. The monoisotopic (exact) mass is 347 g/mol. The van der Waals surface area contributed by atoms with Crippen molar-refractivity contribution in [2.75, 3.05) is 38.2 Å². The molecule has 1 atom stereocenters. The fourth-order valence-electron chi connectivity index (χ4n) is 3.11. The number of morpholine rings is 1. The number of carbonyl (C=O) groups excluding carboxylic acids is 1. The number of benzene rings is 1. The lowest BCUT2D eigenvalue weighted by atomic mass is 10.2. The van der Waals surface area contributed by atoms with E-state index in [0.717, 1.165) is 55.9 Å². The number of fused-ring (bicyclic) bond motifs is 1. The van der Waals surface area contributed by atoms with Gasteiger partial charge in [-0.3, -0.25) is 15.0 Å². The van der Waals surface area contributed by atoms with Crippen LogP contribution < -0.4 is 5.32 Å². The highest BCUT2D eigenvalue weighted by molar-refractivity contribution is 7.22. The van der Waals surface area contributed by atoms with Crippen LogP contribution in [0.4, 0.5) is 5.13 Å². The van der Waals surface area contributed by atoms with Gasteiger partial charge in [0.25, 0.3) is 5.91 Å². The van der Waals surface area contributed by atoms with Crippen molar-refractivity contribution in [3.05, 3.63) is 23.8 Å². The minimum Gasteiger partial charge on any atom is -0.379 e. The molecule has 3 heterocycles. The van der Waals surface area contributed by atoms with Gasteiger partial charge in [0.1, 0.15) is 6.10 Å². The number of amides is 1. The molecule has 6 nitrogen and oxygen atoms in total. The molecule has 128 valence electrons. The number of hydrogen-bond acceptors (Lipinski definition) is 6. The van der Waals surface area contributed by atoms with E-state index >= 15 is 0 Å². The molecule has 2 saturated heterocycles. The van der Waals surface area contributed by atoms with Crippen LogP contribution in [0.3, 0.4) is 0 Å². The highest BCUT2D eigenvalue weighted by Crippen LogP contribution is 2.28. The quantitative estimate of drug-likeness (QED) is 0.919. The van der Waals surface area contributed by atoms with Crippen LogP contribution in [0.2, 0.25) is 0 Å². The number of rotatable bonds is 4. The van der Waals surface area contributed by atoms with E-state index < -0.39 is 0 Å². The van der Waals surface area contributed by atoms with Crippen LogP contribution in [0.25, 0.3) is 10.2 Å². The molecular weight excluding hydrogens is 326 g/mol. The Morgan fingerprint density at radius 3 is 3.00 bits per heavy atom. The van der Waals surface area contributed by atoms with Crippen LogP contribution in [0.15, 0.2) is 18.2 Å². The van der Waals surface area contributed by atoms with Crippen molar-refractivity contribution in [1.29, 1.82) is 0 Å². The maximum absolute atomic E-state index is 12.1. The standard InChI is InChI=1S/C17H21N3O3S/c21-16(14-2-1-7-23-14)19-17-18-13-4-3-12(10-15(13)24-17)11-20-5-8-22-9-6-20/h3-4,10,14H,1-2,5-9,11H2,(H,18,19,21). The van der Waals surface area contributed by atoms with Crippen molar-refractivity contribution in [2.45, 2.75) is 25.5 Å². The van der Waals surface area contributed by atoms with E-state index in [1.807, 2.05) is 6.07 Å². The lowest BCUT2D eigenvalue weighted by Crippen LogP contribution is -2.35. The summed E-state index contributed by atoms with van der Waals surface area (Å²) in [6.45, 7) is 5.16. The van der Waals surface area contributed by atoms with E-state index in [-0.39, 0.29) is 12.0 Å². The Hall–Kier alpha value is -1.54. The van der Waals surface area contributed by atoms with Crippen LogP contribution in [0.1, 0.15) is 18.4 Å². The van der Waals surface area contributed by atoms with E-state index in [2.05, 4.69) is 27.3 Å². The van der Waals surface area contributed by atoms with E-state index in [9.17, 15) is 4.79 Å². The zero-order valence-electron chi connectivity index (χ0n) is 13.5. The fourth-order valence-corrected chi connectivity index (χ4v) is 4.04. The first-order valence-electron chi connectivity index (χ1n) is 8.40. The molecule has 1 aromatic heterocycles. The molecule has 2 fully saturated rings. The third-order valence-corrected chi connectivity index (χ3v) is 5.35. The summed E-state index contributed by atoms with van der Waals surface area (Å²) in [6, 6.07) is 6.32. The Kier molecular flexibility index (Phi) is 4.75. The number of nitrogens with one attached hydrogen (secondary N) is 1. The minimum atomic E-state index is -0.325. The molecule has 0 aliphatic carbocycles. The predicted octanol–water partition coefficient (Wildman–Crippen LogP) is 2.25. The molecule has 0 radical (unpaired) electrons. The summed E-state index contributed by atoms with van der Waals surface area (Å²) < 4.78 is 11.9. The van der Waals surface area contributed by atoms with Gasteiger partial charge < -0.3 is 9.47 Å².